The van der Waals surface area contributed by atoms with E-state index in [2.05, 4.69) is 15.3 Å². The molecule has 2 aromatic rings. The van der Waals surface area contributed by atoms with Crippen LogP contribution in [0.15, 0.2) is 9.59 Å². The molecule has 0 aliphatic carbocycles. The number of nitrogens with zero attached hydrogens (tertiary/aromatic N) is 4. The first-order valence-electron chi connectivity index (χ1n) is 8.54. The Morgan fingerprint density at radius 3 is 2.44 bits per heavy atom. The number of imide groups is 1. The van der Waals surface area contributed by atoms with E-state index in [0.29, 0.717) is 12.2 Å². The first kappa shape index (κ1) is 18.5. The smallest absolute Gasteiger partial charge is 0.332 e. The number of imidazole rings is 1. The number of nitrogens with one attached hydrogen (secondary N) is 2. The van der Waals surface area contributed by atoms with E-state index in [0.717, 1.165) is 9.47 Å². The van der Waals surface area contributed by atoms with Crippen LogP contribution in [-0.4, -0.2) is 54.8 Å². The van der Waals surface area contributed by atoms with Gasteiger partial charge < -0.3 is 10.3 Å². The lowest BCUT2D eigenvalue weighted by Gasteiger charge is -2.13. The van der Waals surface area contributed by atoms with Crippen molar-refractivity contribution in [3.63, 3.8) is 0 Å². The van der Waals surface area contributed by atoms with Crippen molar-refractivity contribution in [3.05, 3.63) is 26.7 Å². The van der Waals surface area contributed by atoms with Crippen molar-refractivity contribution in [1.82, 2.24) is 29.3 Å². The van der Waals surface area contributed by atoms with Crippen LogP contribution in [0.4, 0.5) is 0 Å². The van der Waals surface area contributed by atoms with E-state index < -0.39 is 11.2 Å². The third kappa shape index (κ3) is 3.52. The molecular formula is C16H20N6O5. The van der Waals surface area contributed by atoms with Crippen LogP contribution in [0.3, 0.4) is 0 Å². The second kappa shape index (κ2) is 7.17. The molecule has 0 bridgehead atoms. The van der Waals surface area contributed by atoms with Crippen LogP contribution in [0, 0.1) is 0 Å². The predicted molar refractivity (Wildman–Crippen MR) is 93.9 cm³/mol. The lowest BCUT2D eigenvalue weighted by atomic mass is 10.3. The monoisotopic (exact) mass is 376 g/mol. The first-order chi connectivity index (χ1) is 12.8. The van der Waals surface area contributed by atoms with Gasteiger partial charge in [0.25, 0.3) is 5.56 Å². The fourth-order valence-corrected chi connectivity index (χ4v) is 2.99. The minimum atomic E-state index is -0.468. The van der Waals surface area contributed by atoms with Gasteiger partial charge >= 0.3 is 5.69 Å². The van der Waals surface area contributed by atoms with E-state index in [9.17, 15) is 24.0 Å². The highest BCUT2D eigenvalue weighted by Gasteiger charge is 2.28. The number of hydrogen-bond donors (Lipinski definition) is 2. The zero-order valence-corrected chi connectivity index (χ0v) is 15.1. The molecule has 1 aliphatic heterocycles. The Morgan fingerprint density at radius 1 is 1.11 bits per heavy atom. The van der Waals surface area contributed by atoms with Gasteiger partial charge in [-0.1, -0.05) is 0 Å². The van der Waals surface area contributed by atoms with Gasteiger partial charge in [0.15, 0.2) is 5.65 Å². The van der Waals surface area contributed by atoms with Crippen molar-refractivity contribution in [3.8, 4) is 0 Å². The molecule has 3 amide bonds. The molecule has 1 fully saturated rings. The largest absolute Gasteiger partial charge is 0.356 e. The maximum atomic E-state index is 12.1. The summed E-state index contributed by atoms with van der Waals surface area (Å²) >= 11 is 0. The van der Waals surface area contributed by atoms with Crippen LogP contribution in [0.25, 0.3) is 11.2 Å². The van der Waals surface area contributed by atoms with Gasteiger partial charge in [0, 0.05) is 52.9 Å². The van der Waals surface area contributed by atoms with Crippen LogP contribution in [0.2, 0.25) is 0 Å². The molecule has 27 heavy (non-hydrogen) atoms. The van der Waals surface area contributed by atoms with Crippen LogP contribution < -0.4 is 16.6 Å². The third-order valence-electron chi connectivity index (χ3n) is 4.55. The second-order valence-electron chi connectivity index (χ2n) is 6.38. The molecule has 3 rings (SSSR count). The average molecular weight is 376 g/mol. The highest BCUT2D eigenvalue weighted by molar-refractivity contribution is 6.02. The Labute approximate surface area is 153 Å². The quantitative estimate of drug-likeness (QED) is 0.568. The van der Waals surface area contributed by atoms with Crippen LogP contribution in [0.1, 0.15) is 25.1 Å². The molecule has 0 spiro atoms. The third-order valence-corrected chi connectivity index (χ3v) is 4.55. The highest BCUT2D eigenvalue weighted by atomic mass is 16.2. The Morgan fingerprint density at radius 2 is 1.78 bits per heavy atom. The highest BCUT2D eigenvalue weighted by Crippen LogP contribution is 2.11. The molecule has 11 heteroatoms. The van der Waals surface area contributed by atoms with Crippen molar-refractivity contribution in [2.75, 3.05) is 13.1 Å². The van der Waals surface area contributed by atoms with Gasteiger partial charge in [-0.05, 0) is 0 Å². The summed E-state index contributed by atoms with van der Waals surface area (Å²) in [6, 6.07) is 0. The summed E-state index contributed by atoms with van der Waals surface area (Å²) in [5.74, 6) is -0.319. The SMILES string of the molecule is Cn1c(=O)c2[nH]c(CCNC(=O)CCN3C(=O)CCC3=O)nc2n(C)c1=O. The molecule has 2 N–H and O–H groups in total. The number of aromatic nitrogens is 4. The normalized spacial score (nSPS) is 14.4. The molecule has 0 atom stereocenters. The van der Waals surface area contributed by atoms with Crippen molar-refractivity contribution >= 4 is 28.9 Å². The number of carbonyl (C=O) groups excluding carboxylic acids is 3. The zero-order valence-electron chi connectivity index (χ0n) is 15.1. The lowest BCUT2D eigenvalue weighted by Crippen LogP contribution is -2.36. The minimum Gasteiger partial charge on any atom is -0.356 e. The van der Waals surface area contributed by atoms with Crippen LogP contribution >= 0.6 is 0 Å². The van der Waals surface area contributed by atoms with E-state index in [1.165, 1.54) is 18.7 Å². The molecule has 11 nitrogen and oxygen atoms in total. The maximum absolute atomic E-state index is 12.1. The molecule has 0 unspecified atom stereocenters. The molecule has 0 saturated carbocycles. The molecular weight excluding hydrogens is 356 g/mol. The van der Waals surface area contributed by atoms with E-state index >= 15 is 0 Å². The fraction of sp³-hybridized carbons (Fsp3) is 0.500. The molecule has 3 heterocycles. The van der Waals surface area contributed by atoms with E-state index in [1.807, 2.05) is 0 Å². The number of rotatable bonds is 6. The summed E-state index contributed by atoms with van der Waals surface area (Å²) < 4.78 is 2.27. The topological polar surface area (TPSA) is 139 Å². The summed E-state index contributed by atoms with van der Waals surface area (Å²) in [4.78, 5) is 67.1. The number of hydrogen-bond acceptors (Lipinski definition) is 6. The number of fused-ring (bicyclic) bond motifs is 1. The summed E-state index contributed by atoms with van der Waals surface area (Å²) in [6.45, 7) is 0.334. The van der Waals surface area contributed by atoms with Gasteiger partial charge in [-0.15, -0.1) is 0 Å². The van der Waals surface area contributed by atoms with E-state index in [1.54, 1.807) is 0 Å². The number of likely N-dealkylation sites (tertiary alicyclic amines) is 1. The van der Waals surface area contributed by atoms with E-state index in [-0.39, 0.29) is 61.2 Å². The van der Waals surface area contributed by atoms with Gasteiger partial charge in [-0.2, -0.15) is 0 Å². The number of amides is 3. The maximum Gasteiger partial charge on any atom is 0.332 e. The molecule has 1 aliphatic rings. The summed E-state index contributed by atoms with van der Waals surface area (Å²) in [5, 5.41) is 2.68. The summed E-state index contributed by atoms with van der Waals surface area (Å²) in [6.07, 6.45) is 0.773. The number of H-pyrrole nitrogens is 1. The lowest BCUT2D eigenvalue weighted by molar-refractivity contribution is -0.138. The average Bonchev–Trinajstić information content (AvgIpc) is 3.20. The summed E-state index contributed by atoms with van der Waals surface area (Å²) in [5.41, 5.74) is -0.442. The molecule has 0 aromatic carbocycles. The van der Waals surface area contributed by atoms with Gasteiger partial charge in [-0.3, -0.25) is 33.2 Å². The molecule has 1 saturated heterocycles. The second-order valence-corrected chi connectivity index (χ2v) is 6.38. The minimum absolute atomic E-state index is 0.0344. The number of aryl methyl sites for hydroxylation is 1. The first-order valence-corrected chi connectivity index (χ1v) is 8.54. The number of carbonyl (C=O) groups is 3. The Balaban J connectivity index is 1.57. The van der Waals surface area contributed by atoms with E-state index in [4.69, 9.17) is 0 Å². The van der Waals surface area contributed by atoms with Gasteiger partial charge in [0.2, 0.25) is 17.7 Å². The van der Waals surface area contributed by atoms with Crippen molar-refractivity contribution in [2.45, 2.75) is 25.7 Å². The van der Waals surface area contributed by atoms with Gasteiger partial charge in [0.1, 0.15) is 11.3 Å². The van der Waals surface area contributed by atoms with Gasteiger partial charge in [-0.25, -0.2) is 9.78 Å². The molecule has 0 radical (unpaired) electrons. The van der Waals surface area contributed by atoms with Crippen LogP contribution in [0.5, 0.6) is 0 Å². The Hall–Kier alpha value is -3.24. The van der Waals surface area contributed by atoms with Crippen molar-refractivity contribution in [2.24, 2.45) is 14.1 Å². The van der Waals surface area contributed by atoms with Crippen molar-refractivity contribution in [1.29, 1.82) is 0 Å². The molecule has 144 valence electrons. The Kier molecular flexibility index (Phi) is 4.93. The predicted octanol–water partition coefficient (Wildman–Crippen LogP) is -1.84. The fourth-order valence-electron chi connectivity index (χ4n) is 2.99. The standard InChI is InChI=1S/C16H20N6O5/c1-20-14-13(15(26)21(2)16(20)27)18-9(19-14)5-7-17-10(23)6-8-22-11(24)3-4-12(22)25/h3-8H2,1-2H3,(H,17,23)(H,18,19). The Bertz CT molecular complexity index is 1030. The van der Waals surface area contributed by atoms with Crippen molar-refractivity contribution < 1.29 is 14.4 Å². The summed E-state index contributed by atoms with van der Waals surface area (Å²) in [7, 11) is 2.91. The van der Waals surface area contributed by atoms with Crippen LogP contribution in [-0.2, 0) is 34.9 Å². The number of aromatic amines is 1. The van der Waals surface area contributed by atoms with Gasteiger partial charge in [0.05, 0.1) is 0 Å². The molecule has 2 aromatic heterocycles. The zero-order chi connectivity index (χ0) is 19.7.